The molecule has 1 aliphatic carbocycles. The van der Waals surface area contributed by atoms with E-state index in [1.807, 2.05) is 11.7 Å². The lowest BCUT2D eigenvalue weighted by molar-refractivity contribution is 0.296. The minimum Gasteiger partial charge on any atom is -0.355 e. The summed E-state index contributed by atoms with van der Waals surface area (Å²) in [6, 6.07) is 11.4. The van der Waals surface area contributed by atoms with E-state index in [9.17, 15) is 0 Å². The second-order valence-corrected chi connectivity index (χ2v) is 8.43. The molecule has 1 saturated carbocycles. The number of aryl methyl sites for hydroxylation is 1. The van der Waals surface area contributed by atoms with Crippen LogP contribution >= 0.6 is 24.0 Å². The molecule has 0 amide bonds. The smallest absolute Gasteiger partial charge is 0.191 e. The number of nitrogens with zero attached hydrogens (tertiary/aromatic N) is 4. The minimum atomic E-state index is 0. The molecule has 0 saturated heterocycles. The van der Waals surface area contributed by atoms with E-state index < -0.39 is 0 Å². The highest BCUT2D eigenvalue weighted by atomic mass is 127. The van der Waals surface area contributed by atoms with Crippen molar-refractivity contribution in [1.82, 2.24) is 30.7 Å². The molecule has 1 aromatic carbocycles. The Balaban J connectivity index is 0.00000256. The minimum absolute atomic E-state index is 0. The molecular formula is C22H34IN7. The predicted molar refractivity (Wildman–Crippen MR) is 131 cm³/mol. The largest absolute Gasteiger partial charge is 0.355 e. The van der Waals surface area contributed by atoms with Crippen molar-refractivity contribution in [2.75, 3.05) is 13.6 Å². The van der Waals surface area contributed by atoms with Gasteiger partial charge in [0.15, 0.2) is 5.96 Å². The Hall–Kier alpha value is -1.68. The number of nitrogens with one attached hydrogen (secondary N) is 3. The van der Waals surface area contributed by atoms with E-state index in [-0.39, 0.29) is 29.5 Å². The third-order valence-corrected chi connectivity index (χ3v) is 6.35. The zero-order valence-electron chi connectivity index (χ0n) is 18.0. The molecule has 164 valence electrons. The fourth-order valence-corrected chi connectivity index (χ4v) is 4.70. The first-order valence-electron chi connectivity index (χ1n) is 10.8. The highest BCUT2D eigenvalue weighted by molar-refractivity contribution is 14.0. The number of fused-ring (bicyclic) bond motifs is 1. The highest BCUT2D eigenvalue weighted by Gasteiger charge is 2.35. The third kappa shape index (κ3) is 5.51. The van der Waals surface area contributed by atoms with Gasteiger partial charge in [0.25, 0.3) is 0 Å². The first-order chi connectivity index (χ1) is 14.2. The van der Waals surface area contributed by atoms with Crippen LogP contribution < -0.4 is 16.0 Å². The molecule has 3 N–H and O–H groups in total. The second kappa shape index (κ2) is 10.6. The van der Waals surface area contributed by atoms with Gasteiger partial charge in [-0.1, -0.05) is 43.2 Å². The average molecular weight is 523 g/mol. The standard InChI is InChI=1S/C22H33N7.HI/c1-17(18-8-4-3-5-9-18)28-22(12-6-7-13-22)15-24-21(23-2)27-19-10-11-20-25-16-26-29(20)14-19;/h3-5,8-9,16-17,19,28H,6-7,10-15H2,1-2H3,(H2,23,24,27);1H. The summed E-state index contributed by atoms with van der Waals surface area (Å²) in [6.45, 7) is 3.98. The summed E-state index contributed by atoms with van der Waals surface area (Å²) in [5.74, 6) is 1.95. The number of hydrogen-bond donors (Lipinski definition) is 3. The van der Waals surface area contributed by atoms with Gasteiger partial charge in [0.05, 0.1) is 6.54 Å². The maximum absolute atomic E-state index is 4.48. The van der Waals surface area contributed by atoms with Crippen LogP contribution in [0.2, 0.25) is 0 Å². The van der Waals surface area contributed by atoms with E-state index >= 15 is 0 Å². The van der Waals surface area contributed by atoms with Crippen LogP contribution in [0.15, 0.2) is 41.7 Å². The van der Waals surface area contributed by atoms with Gasteiger partial charge in [-0.2, -0.15) is 5.10 Å². The van der Waals surface area contributed by atoms with Gasteiger partial charge in [-0.15, -0.1) is 24.0 Å². The molecule has 1 aromatic heterocycles. The van der Waals surface area contributed by atoms with Crippen molar-refractivity contribution in [2.45, 2.75) is 69.6 Å². The number of hydrogen-bond acceptors (Lipinski definition) is 4. The molecule has 30 heavy (non-hydrogen) atoms. The Morgan fingerprint density at radius 3 is 2.77 bits per heavy atom. The topological polar surface area (TPSA) is 79.2 Å². The van der Waals surface area contributed by atoms with E-state index in [1.165, 1.54) is 31.2 Å². The van der Waals surface area contributed by atoms with Crippen molar-refractivity contribution in [1.29, 1.82) is 0 Å². The van der Waals surface area contributed by atoms with Crippen LogP contribution in [0.25, 0.3) is 0 Å². The quantitative estimate of drug-likeness (QED) is 0.308. The maximum Gasteiger partial charge on any atom is 0.191 e. The Kier molecular flexibility index (Phi) is 8.10. The van der Waals surface area contributed by atoms with Crippen molar-refractivity contribution in [3.05, 3.63) is 48.0 Å². The Morgan fingerprint density at radius 1 is 1.27 bits per heavy atom. The molecule has 0 radical (unpaired) electrons. The molecule has 2 unspecified atom stereocenters. The number of halogens is 1. The molecule has 7 nitrogen and oxygen atoms in total. The first-order valence-corrected chi connectivity index (χ1v) is 10.8. The molecule has 0 bridgehead atoms. The average Bonchev–Trinajstić information content (AvgIpc) is 3.41. The number of aliphatic imine (C=N–C) groups is 1. The first kappa shape index (κ1) is 23.0. The van der Waals surface area contributed by atoms with E-state index in [4.69, 9.17) is 0 Å². The van der Waals surface area contributed by atoms with Gasteiger partial charge in [0, 0.05) is 37.6 Å². The van der Waals surface area contributed by atoms with Crippen LogP contribution in [0, 0.1) is 0 Å². The van der Waals surface area contributed by atoms with Gasteiger partial charge < -0.3 is 16.0 Å². The molecular weight excluding hydrogens is 489 g/mol. The SMILES string of the molecule is CN=C(NCC1(NC(C)c2ccccc2)CCCC1)NC1CCc2ncnn2C1.I. The van der Waals surface area contributed by atoms with Crippen molar-refractivity contribution >= 4 is 29.9 Å². The molecule has 2 aliphatic rings. The summed E-state index contributed by atoms with van der Waals surface area (Å²) in [5, 5.41) is 15.4. The predicted octanol–water partition coefficient (Wildman–Crippen LogP) is 3.04. The zero-order chi connectivity index (χ0) is 20.1. The van der Waals surface area contributed by atoms with Gasteiger partial charge in [0.1, 0.15) is 12.2 Å². The Labute approximate surface area is 196 Å². The summed E-state index contributed by atoms with van der Waals surface area (Å²) < 4.78 is 2.00. The van der Waals surface area contributed by atoms with Gasteiger partial charge in [-0.3, -0.25) is 4.99 Å². The normalized spacial score (nSPS) is 21.4. The zero-order valence-corrected chi connectivity index (χ0v) is 20.3. The summed E-state index contributed by atoms with van der Waals surface area (Å²) in [4.78, 5) is 8.79. The highest BCUT2D eigenvalue weighted by Crippen LogP contribution is 2.31. The number of benzene rings is 1. The fraction of sp³-hybridized carbons (Fsp3) is 0.591. The van der Waals surface area contributed by atoms with Crippen molar-refractivity contribution < 1.29 is 0 Å². The van der Waals surface area contributed by atoms with Gasteiger partial charge in [0.2, 0.25) is 0 Å². The summed E-state index contributed by atoms with van der Waals surface area (Å²) in [5.41, 5.74) is 1.45. The number of guanidine groups is 1. The molecule has 1 aliphatic heterocycles. The van der Waals surface area contributed by atoms with Gasteiger partial charge >= 0.3 is 0 Å². The second-order valence-electron chi connectivity index (χ2n) is 8.43. The summed E-state index contributed by atoms with van der Waals surface area (Å²) >= 11 is 0. The Bertz CT molecular complexity index is 814. The van der Waals surface area contributed by atoms with E-state index in [2.05, 4.69) is 68.3 Å². The molecule has 4 rings (SSSR count). The number of rotatable bonds is 6. The lowest BCUT2D eigenvalue weighted by Gasteiger charge is -2.35. The molecule has 2 atom stereocenters. The Morgan fingerprint density at radius 2 is 2.03 bits per heavy atom. The molecule has 2 heterocycles. The fourth-order valence-electron chi connectivity index (χ4n) is 4.70. The van der Waals surface area contributed by atoms with Crippen LogP contribution in [0.4, 0.5) is 0 Å². The van der Waals surface area contributed by atoms with Gasteiger partial charge in [-0.05, 0) is 31.7 Å². The molecule has 8 heteroatoms. The van der Waals surface area contributed by atoms with E-state index in [0.29, 0.717) is 12.1 Å². The van der Waals surface area contributed by atoms with Crippen molar-refractivity contribution in [3.8, 4) is 0 Å². The lowest BCUT2D eigenvalue weighted by Crippen LogP contribution is -2.55. The van der Waals surface area contributed by atoms with Crippen LogP contribution in [0.1, 0.15) is 56.5 Å². The van der Waals surface area contributed by atoms with Crippen molar-refractivity contribution in [2.24, 2.45) is 4.99 Å². The maximum atomic E-state index is 4.48. The third-order valence-electron chi connectivity index (χ3n) is 6.35. The van der Waals surface area contributed by atoms with E-state index in [1.54, 1.807) is 6.33 Å². The van der Waals surface area contributed by atoms with Crippen LogP contribution in [0.3, 0.4) is 0 Å². The lowest BCUT2D eigenvalue weighted by atomic mass is 9.94. The molecule has 1 fully saturated rings. The summed E-state index contributed by atoms with van der Waals surface area (Å²) in [6.07, 6.45) is 8.59. The molecule has 2 aromatic rings. The molecule has 0 spiro atoms. The van der Waals surface area contributed by atoms with Crippen LogP contribution in [-0.2, 0) is 13.0 Å². The van der Waals surface area contributed by atoms with Crippen LogP contribution in [0.5, 0.6) is 0 Å². The van der Waals surface area contributed by atoms with Crippen molar-refractivity contribution in [3.63, 3.8) is 0 Å². The van der Waals surface area contributed by atoms with E-state index in [0.717, 1.165) is 37.7 Å². The monoisotopic (exact) mass is 523 g/mol. The summed E-state index contributed by atoms with van der Waals surface area (Å²) in [7, 11) is 1.85. The van der Waals surface area contributed by atoms with Crippen LogP contribution in [-0.4, -0.2) is 45.9 Å². The van der Waals surface area contributed by atoms with Gasteiger partial charge in [-0.25, -0.2) is 9.67 Å². The number of aromatic nitrogens is 3.